The number of nitrogens with one attached hydrogen (secondary N) is 2. The van der Waals surface area contributed by atoms with E-state index in [0.717, 1.165) is 12.1 Å². The predicted octanol–water partition coefficient (Wildman–Crippen LogP) is 2.99. The fraction of sp³-hybridized carbons (Fsp3) is 0.286. The fourth-order valence-electron chi connectivity index (χ4n) is 3.25. The highest BCUT2D eigenvalue weighted by Gasteiger charge is 2.17. The van der Waals surface area contributed by atoms with Crippen LogP contribution in [-0.2, 0) is 17.9 Å². The van der Waals surface area contributed by atoms with Gasteiger partial charge < -0.3 is 10.2 Å². The second kappa shape index (κ2) is 8.97. The molecule has 1 heterocycles. The van der Waals surface area contributed by atoms with Crippen molar-refractivity contribution in [3.05, 3.63) is 76.1 Å². The molecule has 0 spiro atoms. The molecule has 1 saturated heterocycles. The van der Waals surface area contributed by atoms with E-state index >= 15 is 0 Å². The second-order valence-electron chi connectivity index (χ2n) is 6.63. The van der Waals surface area contributed by atoms with Crippen LogP contribution in [0.15, 0.2) is 48.5 Å². The molecule has 0 radical (unpaired) electrons. The van der Waals surface area contributed by atoms with Gasteiger partial charge in [0.2, 0.25) is 5.91 Å². The number of hydrogen-bond acceptors (Lipinski definition) is 1. The summed E-state index contributed by atoms with van der Waals surface area (Å²) in [4.78, 5) is 13.7. The van der Waals surface area contributed by atoms with Gasteiger partial charge in [0.25, 0.3) is 0 Å². The lowest BCUT2D eigenvalue weighted by Gasteiger charge is -2.15. The first-order valence-corrected chi connectivity index (χ1v) is 9.31. The average Bonchev–Trinajstić information content (AvgIpc) is 3.15. The van der Waals surface area contributed by atoms with Crippen LogP contribution in [-0.4, -0.2) is 19.0 Å². The highest BCUT2D eigenvalue weighted by Crippen LogP contribution is 2.16. The van der Waals surface area contributed by atoms with E-state index in [9.17, 15) is 9.18 Å². The Bertz CT molecular complexity index is 800. The Hall–Kier alpha value is -2.17. The number of hydrogen-bond donors (Lipinski definition) is 2. The van der Waals surface area contributed by atoms with Gasteiger partial charge in [0, 0.05) is 31.0 Å². The summed E-state index contributed by atoms with van der Waals surface area (Å²) in [7, 11) is 0. The summed E-state index contributed by atoms with van der Waals surface area (Å²) in [5.74, 6) is -0.654. The highest BCUT2D eigenvalue weighted by molar-refractivity contribution is 6.30. The minimum Gasteiger partial charge on any atom is -0.348 e. The van der Waals surface area contributed by atoms with Crippen LogP contribution in [0.4, 0.5) is 4.39 Å². The zero-order chi connectivity index (χ0) is 18.4. The van der Waals surface area contributed by atoms with Crippen molar-refractivity contribution in [2.75, 3.05) is 13.1 Å². The first kappa shape index (κ1) is 18.6. The van der Waals surface area contributed by atoms with Crippen molar-refractivity contribution in [2.24, 2.45) is 0 Å². The molecule has 0 unspecified atom stereocenters. The van der Waals surface area contributed by atoms with Crippen LogP contribution in [0, 0.1) is 5.82 Å². The number of quaternary nitrogens is 1. The van der Waals surface area contributed by atoms with Crippen LogP contribution < -0.4 is 10.2 Å². The van der Waals surface area contributed by atoms with E-state index in [-0.39, 0.29) is 10.9 Å². The Labute approximate surface area is 158 Å². The molecule has 2 N–H and O–H groups in total. The summed E-state index contributed by atoms with van der Waals surface area (Å²) in [5, 5.41) is 2.97. The van der Waals surface area contributed by atoms with E-state index in [1.165, 1.54) is 49.7 Å². The van der Waals surface area contributed by atoms with E-state index < -0.39 is 5.82 Å². The maximum atomic E-state index is 13.2. The summed E-state index contributed by atoms with van der Waals surface area (Å²) in [6.07, 6.45) is 5.66. The summed E-state index contributed by atoms with van der Waals surface area (Å²) in [5.41, 5.74) is 3.13. The molecule has 0 bridgehead atoms. The third kappa shape index (κ3) is 5.16. The molecule has 3 rings (SSSR count). The Morgan fingerprint density at radius 1 is 1.15 bits per heavy atom. The van der Waals surface area contributed by atoms with E-state index in [1.54, 1.807) is 17.0 Å². The summed E-state index contributed by atoms with van der Waals surface area (Å²) in [6.45, 7) is 3.96. The maximum Gasteiger partial charge on any atom is 0.244 e. The molecule has 26 heavy (non-hydrogen) atoms. The molecular weight excluding hydrogens is 351 g/mol. The van der Waals surface area contributed by atoms with Crippen molar-refractivity contribution >= 4 is 23.6 Å². The molecule has 3 nitrogen and oxygen atoms in total. The van der Waals surface area contributed by atoms with Crippen LogP contribution in [0.2, 0.25) is 5.02 Å². The number of carbonyl (C=O) groups is 1. The fourth-order valence-corrected chi connectivity index (χ4v) is 3.44. The second-order valence-corrected chi connectivity index (χ2v) is 7.03. The number of carbonyl (C=O) groups excluding carboxylic acids is 1. The third-order valence-corrected chi connectivity index (χ3v) is 4.98. The van der Waals surface area contributed by atoms with Gasteiger partial charge in [-0.25, -0.2) is 4.39 Å². The van der Waals surface area contributed by atoms with Gasteiger partial charge in [-0.15, -0.1) is 0 Å². The lowest BCUT2D eigenvalue weighted by molar-refractivity contribution is -0.901. The van der Waals surface area contributed by atoms with Gasteiger partial charge in [-0.2, -0.15) is 0 Å². The molecular formula is C21H23ClFN2O+. The van der Waals surface area contributed by atoms with Crippen molar-refractivity contribution in [3.63, 3.8) is 0 Å². The topological polar surface area (TPSA) is 33.5 Å². The Kier molecular flexibility index (Phi) is 6.42. The minimum absolute atomic E-state index is 0.0471. The number of halogens is 2. The smallest absolute Gasteiger partial charge is 0.244 e. The first-order chi connectivity index (χ1) is 12.6. The van der Waals surface area contributed by atoms with E-state index in [4.69, 9.17) is 11.6 Å². The van der Waals surface area contributed by atoms with Gasteiger partial charge in [0.15, 0.2) is 0 Å². The minimum atomic E-state index is -0.468. The lowest BCUT2D eigenvalue weighted by Crippen LogP contribution is -3.08. The molecule has 2 aromatic carbocycles. The monoisotopic (exact) mass is 373 g/mol. The van der Waals surface area contributed by atoms with E-state index in [0.29, 0.717) is 12.1 Å². The maximum absolute atomic E-state index is 13.2. The molecule has 1 aliphatic rings. The van der Waals surface area contributed by atoms with Crippen molar-refractivity contribution in [3.8, 4) is 0 Å². The van der Waals surface area contributed by atoms with Crippen molar-refractivity contribution in [2.45, 2.75) is 25.9 Å². The zero-order valence-corrected chi connectivity index (χ0v) is 15.4. The van der Waals surface area contributed by atoms with Gasteiger partial charge >= 0.3 is 0 Å². The molecule has 1 amide bonds. The average molecular weight is 374 g/mol. The number of benzene rings is 2. The molecule has 0 aliphatic carbocycles. The normalized spacial score (nSPS) is 14.8. The van der Waals surface area contributed by atoms with Crippen LogP contribution in [0.25, 0.3) is 6.08 Å². The molecule has 1 aliphatic heterocycles. The Morgan fingerprint density at radius 3 is 2.62 bits per heavy atom. The van der Waals surface area contributed by atoms with E-state index in [1.807, 2.05) is 12.1 Å². The van der Waals surface area contributed by atoms with Crippen molar-refractivity contribution in [1.29, 1.82) is 0 Å². The number of rotatable bonds is 6. The lowest BCUT2D eigenvalue weighted by atomic mass is 10.1. The van der Waals surface area contributed by atoms with E-state index in [2.05, 4.69) is 17.4 Å². The van der Waals surface area contributed by atoms with Crippen molar-refractivity contribution < 1.29 is 14.1 Å². The predicted molar refractivity (Wildman–Crippen MR) is 102 cm³/mol. The van der Waals surface area contributed by atoms with Gasteiger partial charge in [0.1, 0.15) is 12.4 Å². The molecule has 0 aromatic heterocycles. The molecule has 136 valence electrons. The number of amides is 1. The Balaban J connectivity index is 1.57. The third-order valence-electron chi connectivity index (χ3n) is 4.69. The van der Waals surface area contributed by atoms with Crippen LogP contribution in [0.5, 0.6) is 0 Å². The van der Waals surface area contributed by atoms with Gasteiger partial charge in [-0.05, 0) is 29.3 Å². The zero-order valence-electron chi connectivity index (χ0n) is 14.6. The first-order valence-electron chi connectivity index (χ1n) is 8.93. The quantitative estimate of drug-likeness (QED) is 0.750. The largest absolute Gasteiger partial charge is 0.348 e. The summed E-state index contributed by atoms with van der Waals surface area (Å²) in [6, 6.07) is 12.6. The molecule has 5 heteroatoms. The van der Waals surface area contributed by atoms with Gasteiger partial charge in [-0.3, -0.25) is 4.79 Å². The molecule has 0 atom stereocenters. The van der Waals surface area contributed by atoms with Crippen LogP contribution >= 0.6 is 11.6 Å². The molecule has 1 fully saturated rings. The summed E-state index contributed by atoms with van der Waals surface area (Å²) < 4.78 is 13.2. The standard InChI is InChI=1S/C21H22ClFN2O/c22-19-13-16(7-9-20(19)23)8-10-21(26)24-14-17-5-1-2-6-18(17)15-25-11-3-4-12-25/h1-2,5-10,13H,3-4,11-12,14-15H2,(H,24,26)/p+1/b10-8+. The van der Waals surface area contributed by atoms with Crippen molar-refractivity contribution in [1.82, 2.24) is 5.32 Å². The SMILES string of the molecule is O=C(/C=C/c1ccc(F)c(Cl)c1)NCc1ccccc1C[NH+]1CCCC1. The number of likely N-dealkylation sites (tertiary alicyclic amines) is 1. The Morgan fingerprint density at radius 2 is 1.88 bits per heavy atom. The van der Waals surface area contributed by atoms with Crippen LogP contribution in [0.3, 0.4) is 0 Å². The summed E-state index contributed by atoms with van der Waals surface area (Å²) >= 11 is 5.75. The molecule has 2 aromatic rings. The highest BCUT2D eigenvalue weighted by atomic mass is 35.5. The van der Waals surface area contributed by atoms with Crippen LogP contribution in [0.1, 0.15) is 29.5 Å². The van der Waals surface area contributed by atoms with Gasteiger partial charge in [-0.1, -0.05) is 41.9 Å². The molecule has 0 saturated carbocycles. The van der Waals surface area contributed by atoms with Gasteiger partial charge in [0.05, 0.1) is 18.1 Å².